The zero-order chi connectivity index (χ0) is 14.1. The lowest BCUT2D eigenvalue weighted by Crippen LogP contribution is -2.30. The monoisotopic (exact) mass is 306 g/mol. The molecule has 5 heteroatoms. The van der Waals surface area contributed by atoms with Crippen LogP contribution in [0.25, 0.3) is 0 Å². The van der Waals surface area contributed by atoms with Crippen molar-refractivity contribution >= 4 is 34.5 Å². The molecule has 1 unspecified atom stereocenters. The number of aryl methyl sites for hydroxylation is 1. The summed E-state index contributed by atoms with van der Waals surface area (Å²) in [4.78, 5) is 13.7. The fraction of sp³-hybridized carbons (Fsp3) is 0.267. The van der Waals surface area contributed by atoms with Gasteiger partial charge in [-0.15, -0.1) is 11.3 Å². The number of rotatable bonds is 2. The Balaban J connectivity index is 1.81. The van der Waals surface area contributed by atoms with Gasteiger partial charge in [-0.1, -0.05) is 11.6 Å². The van der Waals surface area contributed by atoms with Crippen molar-refractivity contribution in [2.24, 2.45) is 0 Å². The van der Waals surface area contributed by atoms with Crippen molar-refractivity contribution in [2.75, 3.05) is 5.73 Å². The SMILES string of the molecule is Nc1ccc(C(=O)NC2CCCc3sccc32)c(Cl)c1. The minimum atomic E-state index is -0.140. The average Bonchev–Trinajstić information content (AvgIpc) is 2.87. The number of nitrogens with one attached hydrogen (secondary N) is 1. The molecule has 1 aliphatic carbocycles. The van der Waals surface area contributed by atoms with E-state index in [2.05, 4.69) is 16.8 Å². The van der Waals surface area contributed by atoms with Gasteiger partial charge in [-0.2, -0.15) is 0 Å². The van der Waals surface area contributed by atoms with Crippen LogP contribution in [0.5, 0.6) is 0 Å². The van der Waals surface area contributed by atoms with E-state index in [1.54, 1.807) is 29.5 Å². The van der Waals surface area contributed by atoms with E-state index in [9.17, 15) is 4.79 Å². The van der Waals surface area contributed by atoms with Crippen molar-refractivity contribution in [1.29, 1.82) is 0 Å². The highest BCUT2D eigenvalue weighted by Crippen LogP contribution is 2.33. The molecule has 104 valence electrons. The minimum absolute atomic E-state index is 0.0890. The van der Waals surface area contributed by atoms with Crippen LogP contribution in [0.15, 0.2) is 29.6 Å². The first-order valence-electron chi connectivity index (χ1n) is 6.57. The van der Waals surface area contributed by atoms with E-state index in [1.807, 2.05) is 0 Å². The molecule has 1 aliphatic rings. The second-order valence-corrected chi connectivity index (χ2v) is 6.36. The van der Waals surface area contributed by atoms with Crippen molar-refractivity contribution in [3.63, 3.8) is 0 Å². The molecule has 2 aromatic rings. The molecule has 0 radical (unpaired) electrons. The van der Waals surface area contributed by atoms with E-state index < -0.39 is 0 Å². The molecular weight excluding hydrogens is 292 g/mol. The van der Waals surface area contributed by atoms with Gasteiger partial charge in [-0.3, -0.25) is 4.79 Å². The Kier molecular flexibility index (Phi) is 3.68. The van der Waals surface area contributed by atoms with Crippen molar-refractivity contribution in [1.82, 2.24) is 5.32 Å². The van der Waals surface area contributed by atoms with Gasteiger partial charge in [0.15, 0.2) is 0 Å². The van der Waals surface area contributed by atoms with Crippen LogP contribution < -0.4 is 11.1 Å². The molecule has 0 bridgehead atoms. The number of hydrogen-bond donors (Lipinski definition) is 2. The second-order valence-electron chi connectivity index (χ2n) is 4.96. The van der Waals surface area contributed by atoms with Crippen LogP contribution in [0.2, 0.25) is 5.02 Å². The molecule has 3 nitrogen and oxygen atoms in total. The highest BCUT2D eigenvalue weighted by Gasteiger charge is 2.23. The topological polar surface area (TPSA) is 55.1 Å². The van der Waals surface area contributed by atoms with Crippen molar-refractivity contribution < 1.29 is 4.79 Å². The highest BCUT2D eigenvalue weighted by atomic mass is 35.5. The molecule has 0 aliphatic heterocycles. The quantitative estimate of drug-likeness (QED) is 0.829. The number of fused-ring (bicyclic) bond motifs is 1. The number of nitrogen functional groups attached to an aromatic ring is 1. The van der Waals surface area contributed by atoms with Crippen LogP contribution in [0.3, 0.4) is 0 Å². The molecule has 1 amide bonds. The summed E-state index contributed by atoms with van der Waals surface area (Å²) < 4.78 is 0. The van der Waals surface area contributed by atoms with E-state index in [0.717, 1.165) is 19.3 Å². The largest absolute Gasteiger partial charge is 0.399 e. The number of nitrogens with two attached hydrogens (primary N) is 1. The molecule has 1 aromatic heterocycles. The molecule has 20 heavy (non-hydrogen) atoms. The third-order valence-electron chi connectivity index (χ3n) is 3.60. The standard InChI is InChI=1S/C15H15ClN2OS/c16-12-8-9(17)4-5-10(12)15(19)18-13-2-1-3-14-11(13)6-7-20-14/h4-8,13H,1-3,17H2,(H,18,19). The van der Waals surface area contributed by atoms with Gasteiger partial charge in [-0.25, -0.2) is 0 Å². The van der Waals surface area contributed by atoms with Gasteiger partial charge in [0.05, 0.1) is 16.6 Å². The van der Waals surface area contributed by atoms with Crippen LogP contribution in [0, 0.1) is 0 Å². The Bertz CT molecular complexity index is 653. The Morgan fingerprint density at radius 2 is 2.25 bits per heavy atom. The maximum absolute atomic E-state index is 12.3. The van der Waals surface area contributed by atoms with E-state index in [-0.39, 0.29) is 11.9 Å². The minimum Gasteiger partial charge on any atom is -0.399 e. The summed E-state index contributed by atoms with van der Waals surface area (Å²) in [6, 6.07) is 7.16. The van der Waals surface area contributed by atoms with Crippen LogP contribution in [0.1, 0.15) is 39.7 Å². The fourth-order valence-corrected chi connectivity index (χ4v) is 3.85. The molecule has 1 aromatic carbocycles. The lowest BCUT2D eigenvalue weighted by molar-refractivity contribution is 0.0933. The van der Waals surface area contributed by atoms with Gasteiger partial charge in [0, 0.05) is 10.6 Å². The Hall–Kier alpha value is -1.52. The van der Waals surface area contributed by atoms with E-state index >= 15 is 0 Å². The van der Waals surface area contributed by atoms with Crippen molar-refractivity contribution in [3.05, 3.63) is 50.7 Å². The van der Waals surface area contributed by atoms with Gasteiger partial charge in [0.25, 0.3) is 5.91 Å². The van der Waals surface area contributed by atoms with Gasteiger partial charge in [0.1, 0.15) is 0 Å². The first-order valence-corrected chi connectivity index (χ1v) is 7.83. The zero-order valence-electron chi connectivity index (χ0n) is 10.9. The molecule has 0 fully saturated rings. The summed E-state index contributed by atoms with van der Waals surface area (Å²) in [5.41, 5.74) is 7.93. The number of anilines is 1. The molecule has 0 spiro atoms. The fourth-order valence-electron chi connectivity index (χ4n) is 2.59. The lowest BCUT2D eigenvalue weighted by atomic mass is 9.94. The number of hydrogen-bond acceptors (Lipinski definition) is 3. The van der Waals surface area contributed by atoms with E-state index in [0.29, 0.717) is 16.3 Å². The van der Waals surface area contributed by atoms with Gasteiger partial charge < -0.3 is 11.1 Å². The maximum Gasteiger partial charge on any atom is 0.253 e. The molecule has 1 heterocycles. The molecule has 3 N–H and O–H groups in total. The average molecular weight is 307 g/mol. The lowest BCUT2D eigenvalue weighted by Gasteiger charge is -2.24. The molecule has 0 saturated heterocycles. The predicted molar refractivity (Wildman–Crippen MR) is 83.3 cm³/mol. The normalized spacial score (nSPS) is 17.6. The number of benzene rings is 1. The third kappa shape index (κ3) is 2.53. The molecule has 0 saturated carbocycles. The number of carbonyl (C=O) groups excluding carboxylic acids is 1. The number of thiophene rings is 1. The molecule has 1 atom stereocenters. The van der Waals surface area contributed by atoms with Gasteiger partial charge >= 0.3 is 0 Å². The Morgan fingerprint density at radius 1 is 1.40 bits per heavy atom. The van der Waals surface area contributed by atoms with Crippen LogP contribution in [-0.2, 0) is 6.42 Å². The Morgan fingerprint density at radius 3 is 3.05 bits per heavy atom. The Labute approximate surface area is 126 Å². The highest BCUT2D eigenvalue weighted by molar-refractivity contribution is 7.10. The first-order chi connectivity index (χ1) is 9.65. The smallest absolute Gasteiger partial charge is 0.253 e. The van der Waals surface area contributed by atoms with Crippen LogP contribution in [-0.4, -0.2) is 5.91 Å². The summed E-state index contributed by atoms with van der Waals surface area (Å²) in [5.74, 6) is -0.140. The number of carbonyl (C=O) groups is 1. The number of halogens is 1. The van der Waals surface area contributed by atoms with Crippen molar-refractivity contribution in [3.8, 4) is 0 Å². The summed E-state index contributed by atoms with van der Waals surface area (Å²) in [6.45, 7) is 0. The van der Waals surface area contributed by atoms with Gasteiger partial charge in [0.2, 0.25) is 0 Å². The number of amides is 1. The van der Waals surface area contributed by atoms with Crippen molar-refractivity contribution in [2.45, 2.75) is 25.3 Å². The van der Waals surface area contributed by atoms with E-state index in [4.69, 9.17) is 17.3 Å². The maximum atomic E-state index is 12.3. The van der Waals surface area contributed by atoms with Crippen LogP contribution in [0.4, 0.5) is 5.69 Å². The predicted octanol–water partition coefficient (Wildman–Crippen LogP) is 3.79. The summed E-state index contributed by atoms with van der Waals surface area (Å²) >= 11 is 7.85. The van der Waals surface area contributed by atoms with Gasteiger partial charge in [-0.05, 0) is 54.5 Å². The van der Waals surface area contributed by atoms with Crippen LogP contribution >= 0.6 is 22.9 Å². The van der Waals surface area contributed by atoms with E-state index in [1.165, 1.54) is 10.4 Å². The second kappa shape index (κ2) is 5.46. The summed E-state index contributed by atoms with van der Waals surface area (Å²) in [5, 5.41) is 5.56. The molecule has 3 rings (SSSR count). The summed E-state index contributed by atoms with van der Waals surface area (Å²) in [7, 11) is 0. The molecular formula is C15H15ClN2OS. The summed E-state index contributed by atoms with van der Waals surface area (Å²) in [6.07, 6.45) is 3.19. The first kappa shape index (κ1) is 13.5. The third-order valence-corrected chi connectivity index (χ3v) is 4.90. The zero-order valence-corrected chi connectivity index (χ0v) is 12.4.